The number of para-hydroxylation sites is 1. The second-order valence-electron chi connectivity index (χ2n) is 1.90. The number of hydrazine groups is 1. The Hall–Kier alpha value is -0.831. The first-order valence-corrected chi connectivity index (χ1v) is 3.96. The summed E-state index contributed by atoms with van der Waals surface area (Å²) in [6.45, 7) is 0. The van der Waals surface area contributed by atoms with E-state index < -0.39 is 0 Å². The van der Waals surface area contributed by atoms with Crippen LogP contribution in [0.15, 0.2) is 35.3 Å². The van der Waals surface area contributed by atoms with Gasteiger partial charge in [0, 0.05) is 0 Å². The number of amidine groups is 1. The molecule has 0 atom stereocenters. The quantitative estimate of drug-likeness (QED) is 0.232. The van der Waals surface area contributed by atoms with Crippen molar-refractivity contribution in [1.29, 1.82) is 0 Å². The zero-order valence-corrected chi connectivity index (χ0v) is 7.53. The predicted octanol–water partition coefficient (Wildman–Crippen LogP) is 0.306. The van der Waals surface area contributed by atoms with Gasteiger partial charge in [0.2, 0.25) is 0 Å². The van der Waals surface area contributed by atoms with Crippen LogP contribution in [0, 0.1) is 0 Å². The molecule has 1 rings (SSSR count). The van der Waals surface area contributed by atoms with Crippen molar-refractivity contribution in [2.75, 3.05) is 0 Å². The zero-order chi connectivity index (χ0) is 8.10. The Kier molecular flexibility index (Phi) is 3.11. The third-order valence-electron chi connectivity index (χ3n) is 1.11. The topological polar surface area (TPSA) is 50.4 Å². The Morgan fingerprint density at radius 3 is 2.55 bits per heavy atom. The normalized spacial score (nSPS) is 11.2. The second kappa shape index (κ2) is 4.13. The molecule has 0 amide bonds. The van der Waals surface area contributed by atoms with Gasteiger partial charge in [0.05, 0.1) is 0 Å². The summed E-state index contributed by atoms with van der Waals surface area (Å²) < 4.78 is 0.580. The average Bonchev–Trinajstić information content (AvgIpc) is 2.06. The molecule has 0 aromatic heterocycles. The molecular formula is C7H8N3Se. The van der Waals surface area contributed by atoms with Crippen LogP contribution < -0.4 is 11.3 Å². The van der Waals surface area contributed by atoms with Gasteiger partial charge in [-0.25, -0.2) is 0 Å². The standard InChI is InChI=1S/C7H8N3Se/c8-10-7(11)9-6-4-2-1-3-5-6/h1-5H,8H2,(H,9,10). The molecule has 0 saturated heterocycles. The number of nitrogens with one attached hydrogen (secondary N) is 1. The Bertz CT molecular complexity index is 245. The van der Waals surface area contributed by atoms with Gasteiger partial charge in [-0.3, -0.25) is 0 Å². The summed E-state index contributed by atoms with van der Waals surface area (Å²) in [4.78, 5) is 4.10. The first-order chi connectivity index (χ1) is 5.33. The third-order valence-corrected chi connectivity index (χ3v) is 1.55. The molecule has 0 aliphatic rings. The minimum atomic E-state index is 0.580. The monoisotopic (exact) mass is 214 g/mol. The van der Waals surface area contributed by atoms with Crippen LogP contribution in [0.25, 0.3) is 0 Å². The van der Waals surface area contributed by atoms with E-state index in [9.17, 15) is 0 Å². The van der Waals surface area contributed by atoms with Gasteiger partial charge in [0.25, 0.3) is 0 Å². The number of hydrogen-bond donors (Lipinski definition) is 2. The van der Waals surface area contributed by atoms with E-state index in [1.807, 2.05) is 30.3 Å². The zero-order valence-electron chi connectivity index (χ0n) is 5.82. The van der Waals surface area contributed by atoms with Crippen LogP contribution in [0.3, 0.4) is 0 Å². The van der Waals surface area contributed by atoms with Crippen molar-refractivity contribution in [3.63, 3.8) is 0 Å². The van der Waals surface area contributed by atoms with Crippen LogP contribution in [0.2, 0.25) is 0 Å². The fraction of sp³-hybridized carbons (Fsp3) is 0. The summed E-state index contributed by atoms with van der Waals surface area (Å²) in [5, 5.41) is 0. The van der Waals surface area contributed by atoms with Gasteiger partial charge < -0.3 is 0 Å². The molecule has 1 radical (unpaired) electrons. The first kappa shape index (κ1) is 8.27. The third kappa shape index (κ3) is 2.72. The molecule has 0 bridgehead atoms. The van der Waals surface area contributed by atoms with E-state index in [-0.39, 0.29) is 0 Å². The maximum atomic E-state index is 5.11. The van der Waals surface area contributed by atoms with E-state index in [4.69, 9.17) is 5.84 Å². The minimum absolute atomic E-state index is 0.580. The van der Waals surface area contributed by atoms with Crippen LogP contribution in [-0.4, -0.2) is 20.7 Å². The number of rotatable bonds is 1. The number of nitrogens with zero attached hydrogens (tertiary/aromatic N) is 1. The fourth-order valence-electron chi connectivity index (χ4n) is 0.652. The molecular weight excluding hydrogens is 205 g/mol. The van der Waals surface area contributed by atoms with Crippen molar-refractivity contribution in [3.05, 3.63) is 30.3 Å². The molecule has 57 valence electrons. The van der Waals surface area contributed by atoms with Gasteiger partial charge in [0.1, 0.15) is 0 Å². The van der Waals surface area contributed by atoms with Crippen LogP contribution in [0.5, 0.6) is 0 Å². The van der Waals surface area contributed by atoms with Gasteiger partial charge in [-0.15, -0.1) is 0 Å². The number of aliphatic imine (C=N–C) groups is 1. The summed E-state index contributed by atoms with van der Waals surface area (Å²) in [6, 6.07) is 9.57. The van der Waals surface area contributed by atoms with Crippen molar-refractivity contribution in [3.8, 4) is 0 Å². The summed E-state index contributed by atoms with van der Waals surface area (Å²) >= 11 is 2.69. The molecule has 11 heavy (non-hydrogen) atoms. The van der Waals surface area contributed by atoms with E-state index in [0.717, 1.165) is 5.69 Å². The van der Waals surface area contributed by atoms with Crippen LogP contribution in [0.1, 0.15) is 0 Å². The number of benzene rings is 1. The molecule has 0 aliphatic heterocycles. The van der Waals surface area contributed by atoms with Crippen molar-refractivity contribution >= 4 is 26.4 Å². The van der Waals surface area contributed by atoms with E-state index >= 15 is 0 Å². The molecule has 0 heterocycles. The summed E-state index contributed by atoms with van der Waals surface area (Å²) in [7, 11) is 0. The van der Waals surface area contributed by atoms with Crippen molar-refractivity contribution in [2.45, 2.75) is 0 Å². The van der Waals surface area contributed by atoms with E-state index in [1.54, 1.807) is 0 Å². The molecule has 0 fully saturated rings. The van der Waals surface area contributed by atoms with E-state index in [0.29, 0.717) is 4.73 Å². The van der Waals surface area contributed by atoms with Crippen molar-refractivity contribution in [1.82, 2.24) is 5.43 Å². The molecule has 0 spiro atoms. The van der Waals surface area contributed by atoms with Crippen LogP contribution in [0.4, 0.5) is 5.69 Å². The Morgan fingerprint density at radius 1 is 1.36 bits per heavy atom. The first-order valence-electron chi connectivity index (χ1n) is 3.10. The summed E-state index contributed by atoms with van der Waals surface area (Å²) in [6.07, 6.45) is 0. The van der Waals surface area contributed by atoms with Gasteiger partial charge in [-0.05, 0) is 0 Å². The van der Waals surface area contributed by atoms with E-state index in [2.05, 4.69) is 26.4 Å². The second-order valence-corrected chi connectivity index (χ2v) is 2.71. The molecule has 3 N–H and O–H groups in total. The molecule has 0 unspecified atom stereocenters. The van der Waals surface area contributed by atoms with Gasteiger partial charge in [-0.1, -0.05) is 0 Å². The Morgan fingerprint density at radius 2 is 2.00 bits per heavy atom. The average molecular weight is 213 g/mol. The van der Waals surface area contributed by atoms with Gasteiger partial charge in [0.15, 0.2) is 0 Å². The maximum absolute atomic E-state index is 5.11. The molecule has 0 saturated carbocycles. The molecule has 0 aliphatic carbocycles. The SMILES string of the molecule is NNC([Se])=Nc1ccccc1. The van der Waals surface area contributed by atoms with Crippen molar-refractivity contribution in [2.24, 2.45) is 10.8 Å². The summed E-state index contributed by atoms with van der Waals surface area (Å²) in [5.74, 6) is 5.11. The Balaban J connectivity index is 2.79. The van der Waals surface area contributed by atoms with Gasteiger partial charge in [-0.2, -0.15) is 0 Å². The summed E-state index contributed by atoms with van der Waals surface area (Å²) in [5.41, 5.74) is 3.28. The number of nitrogens with two attached hydrogens (primary N) is 1. The molecule has 4 heteroatoms. The van der Waals surface area contributed by atoms with Gasteiger partial charge >= 0.3 is 73.0 Å². The molecule has 1 aromatic rings. The molecule has 3 nitrogen and oxygen atoms in total. The number of hydrogen-bond acceptors (Lipinski definition) is 2. The van der Waals surface area contributed by atoms with Crippen molar-refractivity contribution < 1.29 is 0 Å². The predicted molar refractivity (Wildman–Crippen MR) is 46.6 cm³/mol. The van der Waals surface area contributed by atoms with E-state index in [1.165, 1.54) is 0 Å². The fourth-order valence-corrected chi connectivity index (χ4v) is 0.873. The molecule has 1 aromatic carbocycles. The van der Waals surface area contributed by atoms with Crippen LogP contribution in [-0.2, 0) is 0 Å². The Labute approximate surface area is 73.5 Å². The van der Waals surface area contributed by atoms with Crippen LogP contribution >= 0.6 is 0 Å².